The molecule has 1 fully saturated rings. The lowest BCUT2D eigenvalue weighted by Gasteiger charge is -2.18. The van der Waals surface area contributed by atoms with Crippen molar-refractivity contribution in [3.05, 3.63) is 72.6 Å². The SMILES string of the molecule is CN=C(NCc1coc(-c2ccccc2)n1)NCC1(Sc2ccccc2)CC1.I. The lowest BCUT2D eigenvalue weighted by molar-refractivity contribution is 0.572. The van der Waals surface area contributed by atoms with Crippen molar-refractivity contribution in [2.45, 2.75) is 29.0 Å². The Morgan fingerprint density at radius 3 is 2.41 bits per heavy atom. The summed E-state index contributed by atoms with van der Waals surface area (Å²) in [5.41, 5.74) is 1.83. The molecule has 7 heteroatoms. The smallest absolute Gasteiger partial charge is 0.226 e. The molecule has 5 nitrogen and oxygen atoms in total. The summed E-state index contributed by atoms with van der Waals surface area (Å²) >= 11 is 1.95. The van der Waals surface area contributed by atoms with Crippen molar-refractivity contribution in [1.29, 1.82) is 0 Å². The predicted octanol–water partition coefficient (Wildman–Crippen LogP) is 4.95. The number of benzene rings is 2. The zero-order chi connectivity index (χ0) is 19.2. The second-order valence-corrected chi connectivity index (χ2v) is 8.43. The molecule has 0 saturated heterocycles. The Balaban J connectivity index is 0.00000240. The quantitative estimate of drug-likeness (QED) is 0.262. The number of aromatic nitrogens is 1. The van der Waals surface area contributed by atoms with Crippen LogP contribution in [0.2, 0.25) is 0 Å². The van der Waals surface area contributed by atoms with Gasteiger partial charge < -0.3 is 15.1 Å². The van der Waals surface area contributed by atoms with Gasteiger partial charge in [0.05, 0.1) is 12.2 Å². The van der Waals surface area contributed by atoms with Crippen molar-refractivity contribution in [3.63, 3.8) is 0 Å². The molecular formula is C22H25IN4OS. The zero-order valence-electron chi connectivity index (χ0n) is 16.3. The first-order chi connectivity index (χ1) is 13.8. The monoisotopic (exact) mass is 520 g/mol. The normalized spacial score (nSPS) is 14.7. The van der Waals surface area contributed by atoms with Gasteiger partial charge in [-0.2, -0.15) is 0 Å². The van der Waals surface area contributed by atoms with Crippen LogP contribution in [0.4, 0.5) is 0 Å². The fraction of sp³-hybridized carbons (Fsp3) is 0.273. The minimum atomic E-state index is 0. The van der Waals surface area contributed by atoms with Crippen LogP contribution in [0.25, 0.3) is 11.5 Å². The summed E-state index contributed by atoms with van der Waals surface area (Å²) in [7, 11) is 1.79. The molecule has 1 saturated carbocycles. The number of aliphatic imine (C=N–C) groups is 1. The van der Waals surface area contributed by atoms with Gasteiger partial charge in [0.25, 0.3) is 0 Å². The van der Waals surface area contributed by atoms with Crippen molar-refractivity contribution >= 4 is 41.7 Å². The first kappa shape index (κ1) is 21.7. The van der Waals surface area contributed by atoms with Crippen molar-refractivity contribution in [2.75, 3.05) is 13.6 Å². The Hall–Kier alpha value is -2.00. The standard InChI is InChI=1S/C22H24N4OS.HI/c1-23-21(25-16-22(12-13-22)28-19-10-6-3-7-11-19)24-14-18-15-27-20(26-18)17-8-4-2-5-9-17;/h2-11,15H,12-14,16H2,1H3,(H2,23,24,25);1H. The van der Waals surface area contributed by atoms with Crippen LogP contribution >= 0.6 is 35.7 Å². The van der Waals surface area contributed by atoms with Crippen LogP contribution in [0, 0.1) is 0 Å². The summed E-state index contributed by atoms with van der Waals surface area (Å²) in [4.78, 5) is 10.2. The van der Waals surface area contributed by atoms with E-state index >= 15 is 0 Å². The summed E-state index contributed by atoms with van der Waals surface area (Å²) < 4.78 is 5.86. The highest BCUT2D eigenvalue weighted by atomic mass is 127. The van der Waals surface area contributed by atoms with E-state index in [1.54, 1.807) is 13.3 Å². The van der Waals surface area contributed by atoms with E-state index in [0.29, 0.717) is 12.4 Å². The number of hydrogen-bond acceptors (Lipinski definition) is 4. The third kappa shape index (κ3) is 5.99. The van der Waals surface area contributed by atoms with Gasteiger partial charge in [-0.1, -0.05) is 36.4 Å². The molecule has 0 radical (unpaired) electrons. The number of nitrogens with one attached hydrogen (secondary N) is 2. The Morgan fingerprint density at radius 1 is 1.07 bits per heavy atom. The summed E-state index contributed by atoms with van der Waals surface area (Å²) in [6.45, 7) is 1.45. The van der Waals surface area contributed by atoms with Crippen molar-refractivity contribution in [1.82, 2.24) is 15.6 Å². The molecule has 2 N–H and O–H groups in total. The summed E-state index contributed by atoms with van der Waals surface area (Å²) in [5.74, 6) is 1.42. The molecule has 1 aliphatic rings. The molecule has 2 aromatic carbocycles. The number of hydrogen-bond donors (Lipinski definition) is 2. The minimum absolute atomic E-state index is 0. The lowest BCUT2D eigenvalue weighted by Crippen LogP contribution is -2.40. The molecular weight excluding hydrogens is 495 g/mol. The average Bonchev–Trinajstić information content (AvgIpc) is 3.34. The van der Waals surface area contributed by atoms with Gasteiger partial charge in [-0.15, -0.1) is 35.7 Å². The van der Waals surface area contributed by atoms with Crippen LogP contribution in [0.5, 0.6) is 0 Å². The van der Waals surface area contributed by atoms with E-state index in [9.17, 15) is 0 Å². The van der Waals surface area contributed by atoms with E-state index in [2.05, 4.69) is 50.9 Å². The second-order valence-electron chi connectivity index (χ2n) is 6.89. The number of guanidine groups is 1. The molecule has 1 aromatic heterocycles. The van der Waals surface area contributed by atoms with Gasteiger partial charge in [-0.3, -0.25) is 4.99 Å². The van der Waals surface area contributed by atoms with Gasteiger partial charge in [-0.25, -0.2) is 4.98 Å². The number of halogens is 1. The molecule has 0 unspecified atom stereocenters. The van der Waals surface area contributed by atoms with Crippen molar-refractivity contribution < 1.29 is 4.42 Å². The zero-order valence-corrected chi connectivity index (χ0v) is 19.4. The molecule has 1 aliphatic carbocycles. The van der Waals surface area contributed by atoms with Crippen molar-refractivity contribution in [3.8, 4) is 11.5 Å². The maximum Gasteiger partial charge on any atom is 0.226 e. The van der Waals surface area contributed by atoms with Gasteiger partial charge >= 0.3 is 0 Å². The molecule has 152 valence electrons. The van der Waals surface area contributed by atoms with E-state index in [-0.39, 0.29) is 28.7 Å². The molecule has 0 amide bonds. The minimum Gasteiger partial charge on any atom is -0.444 e. The van der Waals surface area contributed by atoms with Crippen LogP contribution in [0.15, 0.2) is 81.2 Å². The Morgan fingerprint density at radius 2 is 1.76 bits per heavy atom. The maximum absolute atomic E-state index is 5.59. The van der Waals surface area contributed by atoms with E-state index in [0.717, 1.165) is 23.8 Å². The van der Waals surface area contributed by atoms with Crippen LogP contribution in [0.1, 0.15) is 18.5 Å². The fourth-order valence-electron chi connectivity index (χ4n) is 2.93. The highest BCUT2D eigenvalue weighted by molar-refractivity contribution is 14.0. The molecule has 3 aromatic rings. The Labute approximate surface area is 192 Å². The summed E-state index contributed by atoms with van der Waals surface area (Å²) in [5, 5.41) is 6.78. The van der Waals surface area contributed by atoms with Crippen LogP contribution in [-0.4, -0.2) is 29.3 Å². The molecule has 0 aliphatic heterocycles. The Bertz CT molecular complexity index is 926. The maximum atomic E-state index is 5.59. The topological polar surface area (TPSA) is 62.5 Å². The number of nitrogens with zero attached hydrogens (tertiary/aromatic N) is 2. The fourth-order valence-corrected chi connectivity index (χ4v) is 4.18. The average molecular weight is 520 g/mol. The summed E-state index contributed by atoms with van der Waals surface area (Å²) in [6.07, 6.45) is 4.14. The predicted molar refractivity (Wildman–Crippen MR) is 130 cm³/mol. The first-order valence-electron chi connectivity index (χ1n) is 9.45. The second kappa shape index (κ2) is 10.2. The Kier molecular flexibility index (Phi) is 7.60. The lowest BCUT2D eigenvalue weighted by atomic mass is 10.2. The number of thioether (sulfide) groups is 1. The largest absolute Gasteiger partial charge is 0.444 e. The molecule has 0 bridgehead atoms. The third-order valence-corrected chi connectivity index (χ3v) is 6.19. The van der Waals surface area contributed by atoms with E-state index in [1.165, 1.54) is 17.7 Å². The van der Waals surface area contributed by atoms with E-state index in [4.69, 9.17) is 4.42 Å². The van der Waals surface area contributed by atoms with Crippen molar-refractivity contribution in [2.24, 2.45) is 4.99 Å². The van der Waals surface area contributed by atoms with Gasteiger partial charge in [0.2, 0.25) is 5.89 Å². The summed E-state index contributed by atoms with van der Waals surface area (Å²) in [6, 6.07) is 20.5. The van der Waals surface area contributed by atoms with E-state index < -0.39 is 0 Å². The van der Waals surface area contributed by atoms with Gasteiger partial charge in [-0.05, 0) is 37.1 Å². The van der Waals surface area contributed by atoms with Gasteiger partial charge in [0.1, 0.15) is 6.26 Å². The molecule has 0 spiro atoms. The van der Waals surface area contributed by atoms with E-state index in [1.807, 2.05) is 42.1 Å². The van der Waals surface area contributed by atoms with Crippen LogP contribution < -0.4 is 10.6 Å². The highest BCUT2D eigenvalue weighted by Crippen LogP contribution is 2.51. The third-order valence-electron chi connectivity index (χ3n) is 4.70. The van der Waals surface area contributed by atoms with Crippen LogP contribution in [-0.2, 0) is 6.54 Å². The highest BCUT2D eigenvalue weighted by Gasteiger charge is 2.43. The number of rotatable bonds is 7. The molecule has 0 atom stereocenters. The van der Waals surface area contributed by atoms with Crippen LogP contribution in [0.3, 0.4) is 0 Å². The van der Waals surface area contributed by atoms with Gasteiger partial charge in [0, 0.05) is 28.8 Å². The first-order valence-corrected chi connectivity index (χ1v) is 10.3. The number of oxazole rings is 1. The van der Waals surface area contributed by atoms with Gasteiger partial charge in [0.15, 0.2) is 5.96 Å². The molecule has 1 heterocycles. The molecule has 29 heavy (non-hydrogen) atoms. The molecule has 4 rings (SSSR count).